The van der Waals surface area contributed by atoms with Gasteiger partial charge in [-0.05, 0) is 57.3 Å². The molecular weight excluding hydrogens is 426 g/mol. The number of hydrogen-bond acceptors (Lipinski definition) is 2. The van der Waals surface area contributed by atoms with Crippen molar-refractivity contribution in [1.82, 2.24) is 0 Å². The lowest BCUT2D eigenvalue weighted by atomic mass is 10.0. The van der Waals surface area contributed by atoms with Crippen LogP contribution in [0.3, 0.4) is 0 Å². The molecule has 0 aromatic heterocycles. The van der Waals surface area contributed by atoms with Gasteiger partial charge in [-0.15, -0.1) is 0 Å². The Labute approximate surface area is 122 Å². The van der Waals surface area contributed by atoms with E-state index in [1.807, 2.05) is 30.3 Å². The number of benzene rings is 2. The van der Waals surface area contributed by atoms with Crippen molar-refractivity contribution in [3.8, 4) is 11.1 Å². The van der Waals surface area contributed by atoms with E-state index in [0.717, 1.165) is 29.6 Å². The van der Waals surface area contributed by atoms with Gasteiger partial charge < -0.3 is 11.5 Å². The van der Waals surface area contributed by atoms with Crippen LogP contribution >= 0.6 is 45.2 Å². The van der Waals surface area contributed by atoms with Gasteiger partial charge in [-0.25, -0.2) is 0 Å². The predicted molar refractivity (Wildman–Crippen MR) is 86.1 cm³/mol. The van der Waals surface area contributed by atoms with Crippen LogP contribution in [0, 0.1) is 7.14 Å². The van der Waals surface area contributed by atoms with E-state index in [0.29, 0.717) is 0 Å². The number of hydrogen-bond donors (Lipinski definition) is 2. The van der Waals surface area contributed by atoms with Crippen molar-refractivity contribution in [3.63, 3.8) is 0 Å². The predicted octanol–water partition coefficient (Wildman–Crippen LogP) is 3.73. The largest absolute Gasteiger partial charge is 0.398 e. The smallest absolute Gasteiger partial charge is 0.0541 e. The second-order valence-electron chi connectivity index (χ2n) is 3.41. The van der Waals surface area contributed by atoms with E-state index in [9.17, 15) is 0 Å². The number of rotatable bonds is 1. The fraction of sp³-hybridized carbons (Fsp3) is 0. The van der Waals surface area contributed by atoms with Gasteiger partial charge in [0.2, 0.25) is 0 Å². The van der Waals surface area contributed by atoms with E-state index in [4.69, 9.17) is 11.5 Å². The zero-order chi connectivity index (χ0) is 11.7. The highest BCUT2D eigenvalue weighted by Gasteiger charge is 2.10. The van der Waals surface area contributed by atoms with Crippen molar-refractivity contribution in [2.75, 3.05) is 11.5 Å². The molecule has 0 unspecified atom stereocenters. The van der Waals surface area contributed by atoms with Crippen LogP contribution in [-0.4, -0.2) is 0 Å². The van der Waals surface area contributed by atoms with Crippen LogP contribution in [-0.2, 0) is 0 Å². The molecule has 4 heteroatoms. The summed E-state index contributed by atoms with van der Waals surface area (Å²) in [5.74, 6) is 0. The molecular formula is C12H10I2N2. The maximum atomic E-state index is 6.12. The van der Waals surface area contributed by atoms with Crippen molar-refractivity contribution in [2.24, 2.45) is 0 Å². The summed E-state index contributed by atoms with van der Waals surface area (Å²) >= 11 is 4.54. The molecule has 2 aromatic rings. The van der Waals surface area contributed by atoms with Gasteiger partial charge in [0.05, 0.1) is 5.69 Å². The van der Waals surface area contributed by atoms with Crippen LogP contribution in [0.1, 0.15) is 0 Å². The third-order valence-corrected chi connectivity index (χ3v) is 5.48. The third kappa shape index (κ3) is 2.13. The Balaban J connectivity index is 2.66. The fourth-order valence-corrected chi connectivity index (χ4v) is 2.48. The zero-order valence-corrected chi connectivity index (χ0v) is 12.7. The van der Waals surface area contributed by atoms with Gasteiger partial charge in [0.25, 0.3) is 0 Å². The van der Waals surface area contributed by atoms with E-state index >= 15 is 0 Å². The van der Waals surface area contributed by atoms with Gasteiger partial charge in [-0.3, -0.25) is 0 Å². The first-order chi connectivity index (χ1) is 7.61. The molecule has 0 bridgehead atoms. The second kappa shape index (κ2) is 4.79. The minimum absolute atomic E-state index is 0.756. The molecule has 2 aromatic carbocycles. The fourth-order valence-electron chi connectivity index (χ4n) is 1.54. The molecule has 0 amide bonds. The van der Waals surface area contributed by atoms with Crippen molar-refractivity contribution in [1.29, 1.82) is 0 Å². The minimum Gasteiger partial charge on any atom is -0.398 e. The van der Waals surface area contributed by atoms with Crippen molar-refractivity contribution >= 4 is 56.6 Å². The SMILES string of the molecule is Nc1ccccc1-c1ccc(I)c(I)c1N. The summed E-state index contributed by atoms with van der Waals surface area (Å²) in [5.41, 5.74) is 15.6. The summed E-state index contributed by atoms with van der Waals surface area (Å²) < 4.78 is 2.24. The molecule has 0 aliphatic carbocycles. The van der Waals surface area contributed by atoms with E-state index in [2.05, 4.69) is 51.2 Å². The Bertz CT molecular complexity index is 539. The first kappa shape index (κ1) is 12.0. The number of para-hydroxylation sites is 1. The minimum atomic E-state index is 0.756. The van der Waals surface area contributed by atoms with E-state index in [1.54, 1.807) is 0 Å². The summed E-state index contributed by atoms with van der Waals surface area (Å²) in [5, 5.41) is 0. The molecule has 82 valence electrons. The van der Waals surface area contributed by atoms with E-state index < -0.39 is 0 Å². The lowest BCUT2D eigenvalue weighted by Crippen LogP contribution is -1.98. The molecule has 0 atom stereocenters. The van der Waals surface area contributed by atoms with Crippen molar-refractivity contribution < 1.29 is 0 Å². The second-order valence-corrected chi connectivity index (χ2v) is 5.65. The quantitative estimate of drug-likeness (QED) is 0.529. The van der Waals surface area contributed by atoms with Gasteiger partial charge in [0.1, 0.15) is 0 Å². The monoisotopic (exact) mass is 436 g/mol. The Morgan fingerprint density at radius 3 is 2.19 bits per heavy atom. The molecule has 16 heavy (non-hydrogen) atoms. The molecule has 0 radical (unpaired) electrons. The van der Waals surface area contributed by atoms with Crippen LogP contribution in [0.25, 0.3) is 11.1 Å². The molecule has 0 saturated carbocycles. The number of nitrogens with two attached hydrogens (primary N) is 2. The van der Waals surface area contributed by atoms with Crippen molar-refractivity contribution in [2.45, 2.75) is 0 Å². The Morgan fingerprint density at radius 1 is 0.812 bits per heavy atom. The standard InChI is InChI=1S/C12H10I2N2/c13-9-6-5-8(12(16)11(9)14)7-3-1-2-4-10(7)15/h1-6H,15-16H2. The topological polar surface area (TPSA) is 52.0 Å². The average Bonchev–Trinajstić information content (AvgIpc) is 2.28. The normalized spacial score (nSPS) is 10.4. The average molecular weight is 436 g/mol. The van der Waals surface area contributed by atoms with Crippen LogP contribution in [0.5, 0.6) is 0 Å². The highest BCUT2D eigenvalue weighted by molar-refractivity contribution is 14.1. The van der Waals surface area contributed by atoms with Crippen molar-refractivity contribution in [3.05, 3.63) is 43.5 Å². The van der Waals surface area contributed by atoms with Gasteiger partial charge in [-0.1, -0.05) is 24.3 Å². The first-order valence-electron chi connectivity index (χ1n) is 4.69. The summed E-state index contributed by atoms with van der Waals surface area (Å²) in [7, 11) is 0. The van der Waals surface area contributed by atoms with Gasteiger partial charge in [0.15, 0.2) is 0 Å². The number of anilines is 2. The lowest BCUT2D eigenvalue weighted by Gasteiger charge is -2.11. The Kier molecular flexibility index (Phi) is 3.58. The van der Waals surface area contributed by atoms with Crippen LogP contribution in [0.4, 0.5) is 11.4 Å². The molecule has 0 aliphatic rings. The zero-order valence-electron chi connectivity index (χ0n) is 8.37. The number of nitrogen functional groups attached to an aromatic ring is 2. The van der Waals surface area contributed by atoms with Gasteiger partial charge in [-0.2, -0.15) is 0 Å². The molecule has 0 saturated heterocycles. The van der Waals surface area contributed by atoms with Crippen LogP contribution in [0.15, 0.2) is 36.4 Å². The third-order valence-electron chi connectivity index (χ3n) is 2.38. The summed E-state index contributed by atoms with van der Waals surface area (Å²) in [6, 6.07) is 11.8. The summed E-state index contributed by atoms with van der Waals surface area (Å²) in [6.45, 7) is 0. The highest BCUT2D eigenvalue weighted by atomic mass is 127. The van der Waals surface area contributed by atoms with Gasteiger partial charge in [0, 0.05) is 24.0 Å². The molecule has 0 heterocycles. The van der Waals surface area contributed by atoms with E-state index in [-0.39, 0.29) is 0 Å². The first-order valence-corrected chi connectivity index (χ1v) is 6.85. The molecule has 2 rings (SSSR count). The Morgan fingerprint density at radius 2 is 1.50 bits per heavy atom. The lowest BCUT2D eigenvalue weighted by molar-refractivity contribution is 1.54. The maximum absolute atomic E-state index is 6.12. The molecule has 0 fully saturated rings. The summed E-state index contributed by atoms with van der Waals surface area (Å²) in [4.78, 5) is 0. The molecule has 4 N–H and O–H groups in total. The molecule has 0 aliphatic heterocycles. The number of halogens is 2. The van der Waals surface area contributed by atoms with E-state index in [1.165, 1.54) is 0 Å². The van der Waals surface area contributed by atoms with Gasteiger partial charge >= 0.3 is 0 Å². The Hall–Kier alpha value is -0.500. The van der Waals surface area contributed by atoms with Crippen LogP contribution in [0.2, 0.25) is 0 Å². The molecule has 2 nitrogen and oxygen atoms in total. The maximum Gasteiger partial charge on any atom is 0.0541 e. The summed E-state index contributed by atoms with van der Waals surface area (Å²) in [6.07, 6.45) is 0. The molecule has 0 spiro atoms. The van der Waals surface area contributed by atoms with Crippen LogP contribution < -0.4 is 11.5 Å². The highest BCUT2D eigenvalue weighted by Crippen LogP contribution is 2.34.